The van der Waals surface area contributed by atoms with Crippen molar-refractivity contribution in [2.24, 2.45) is 10.8 Å². The van der Waals surface area contributed by atoms with Crippen LogP contribution in [0.15, 0.2) is 4.99 Å². The molecule has 0 heterocycles. The Morgan fingerprint density at radius 1 is 1.50 bits per heavy atom. The molecule has 0 bridgehead atoms. The number of hydrogen-bond acceptors (Lipinski definition) is 3. The van der Waals surface area contributed by atoms with Crippen molar-refractivity contribution in [1.82, 2.24) is 15.6 Å². The molecule has 4 N–H and O–H groups in total. The molecule has 14 heavy (non-hydrogen) atoms. The summed E-state index contributed by atoms with van der Waals surface area (Å²) in [6.07, 6.45) is 0. The molecule has 5 nitrogen and oxygen atoms in total. The van der Waals surface area contributed by atoms with E-state index in [0.29, 0.717) is 12.0 Å². The number of nitrogens with one attached hydrogen (secondary N) is 2. The Morgan fingerprint density at radius 2 is 2.14 bits per heavy atom. The highest BCUT2D eigenvalue weighted by Gasteiger charge is 2.01. The minimum absolute atomic E-state index is 0.554. The summed E-state index contributed by atoms with van der Waals surface area (Å²) in [5, 5.41) is 3.03. The van der Waals surface area contributed by atoms with Gasteiger partial charge < -0.3 is 10.2 Å². The summed E-state index contributed by atoms with van der Waals surface area (Å²) < 4.78 is 0. The molecule has 0 saturated carbocycles. The quantitative estimate of drug-likeness (QED) is 0.248. The van der Waals surface area contributed by atoms with Gasteiger partial charge in [-0.1, -0.05) is 0 Å². The summed E-state index contributed by atoms with van der Waals surface area (Å²) >= 11 is 0. The molecule has 0 aliphatic heterocycles. The van der Waals surface area contributed by atoms with Gasteiger partial charge in [0.15, 0.2) is 0 Å². The molecular weight excluding hydrogens is 178 g/mol. The minimum Gasteiger partial charge on any atom is -0.356 e. The van der Waals surface area contributed by atoms with E-state index in [0.717, 1.165) is 19.6 Å². The molecule has 0 rings (SSSR count). The van der Waals surface area contributed by atoms with Crippen molar-refractivity contribution < 1.29 is 0 Å². The van der Waals surface area contributed by atoms with Crippen LogP contribution >= 0.6 is 0 Å². The summed E-state index contributed by atoms with van der Waals surface area (Å²) in [7, 11) is 2.09. The molecule has 0 amide bonds. The Labute approximate surface area is 86.7 Å². The number of nitrogens with two attached hydrogens (primary N) is 1. The van der Waals surface area contributed by atoms with Crippen LogP contribution in [-0.4, -0.2) is 43.6 Å². The SMILES string of the molecule is CCNC(=NCCN(C)C(C)C)NN. The second kappa shape index (κ2) is 7.58. The van der Waals surface area contributed by atoms with Crippen LogP contribution in [0.1, 0.15) is 20.8 Å². The van der Waals surface area contributed by atoms with E-state index in [1.54, 1.807) is 0 Å². The predicted molar refractivity (Wildman–Crippen MR) is 61.1 cm³/mol. The third-order valence-corrected chi connectivity index (χ3v) is 2.09. The van der Waals surface area contributed by atoms with E-state index in [-0.39, 0.29) is 0 Å². The maximum Gasteiger partial charge on any atom is 0.205 e. The van der Waals surface area contributed by atoms with Gasteiger partial charge in [-0.15, -0.1) is 0 Å². The van der Waals surface area contributed by atoms with Gasteiger partial charge in [0.1, 0.15) is 0 Å². The van der Waals surface area contributed by atoms with Gasteiger partial charge in [-0.25, -0.2) is 5.84 Å². The van der Waals surface area contributed by atoms with Crippen molar-refractivity contribution in [2.45, 2.75) is 26.8 Å². The average molecular weight is 201 g/mol. The molecule has 0 aromatic carbocycles. The highest BCUT2D eigenvalue weighted by atomic mass is 15.3. The highest BCUT2D eigenvalue weighted by molar-refractivity contribution is 5.79. The van der Waals surface area contributed by atoms with Crippen LogP contribution in [-0.2, 0) is 0 Å². The maximum atomic E-state index is 5.28. The van der Waals surface area contributed by atoms with Crippen LogP contribution in [0.4, 0.5) is 0 Å². The lowest BCUT2D eigenvalue weighted by Gasteiger charge is -2.19. The lowest BCUT2D eigenvalue weighted by Crippen LogP contribution is -2.42. The molecule has 0 aromatic heterocycles. The molecule has 0 aromatic rings. The van der Waals surface area contributed by atoms with Crippen molar-refractivity contribution in [1.29, 1.82) is 0 Å². The first-order valence-electron chi connectivity index (χ1n) is 5.07. The van der Waals surface area contributed by atoms with Crippen molar-refractivity contribution in [3.8, 4) is 0 Å². The van der Waals surface area contributed by atoms with Crippen molar-refractivity contribution in [3.63, 3.8) is 0 Å². The van der Waals surface area contributed by atoms with Gasteiger partial charge in [-0.3, -0.25) is 10.4 Å². The zero-order chi connectivity index (χ0) is 11.0. The first-order valence-corrected chi connectivity index (χ1v) is 5.07. The van der Waals surface area contributed by atoms with Gasteiger partial charge in [0.25, 0.3) is 0 Å². The molecule has 0 atom stereocenters. The van der Waals surface area contributed by atoms with Gasteiger partial charge in [0.2, 0.25) is 5.96 Å². The van der Waals surface area contributed by atoms with E-state index in [1.807, 2.05) is 6.92 Å². The smallest absolute Gasteiger partial charge is 0.205 e. The van der Waals surface area contributed by atoms with Crippen LogP contribution in [0, 0.1) is 0 Å². The fourth-order valence-corrected chi connectivity index (χ4v) is 0.898. The molecule has 0 fully saturated rings. The summed E-state index contributed by atoms with van der Waals surface area (Å²) in [5.41, 5.74) is 2.53. The number of aliphatic imine (C=N–C) groups is 1. The van der Waals surface area contributed by atoms with Crippen molar-refractivity contribution >= 4 is 5.96 Å². The third kappa shape index (κ3) is 5.77. The van der Waals surface area contributed by atoms with E-state index < -0.39 is 0 Å². The number of likely N-dealkylation sites (N-methyl/N-ethyl adjacent to an activating group) is 1. The fraction of sp³-hybridized carbons (Fsp3) is 0.889. The topological polar surface area (TPSA) is 65.7 Å². The maximum absolute atomic E-state index is 5.28. The van der Waals surface area contributed by atoms with Crippen molar-refractivity contribution in [3.05, 3.63) is 0 Å². The number of guanidine groups is 1. The average Bonchev–Trinajstić information content (AvgIpc) is 2.16. The second-order valence-corrected chi connectivity index (χ2v) is 3.48. The Hall–Kier alpha value is -0.810. The monoisotopic (exact) mass is 201 g/mol. The van der Waals surface area contributed by atoms with E-state index in [1.165, 1.54) is 0 Å². The Morgan fingerprint density at radius 3 is 2.57 bits per heavy atom. The molecule has 0 radical (unpaired) electrons. The van der Waals surface area contributed by atoms with Gasteiger partial charge in [0.05, 0.1) is 6.54 Å². The Bertz CT molecular complexity index is 167. The number of rotatable bonds is 5. The zero-order valence-electron chi connectivity index (χ0n) is 9.67. The standard InChI is InChI=1S/C9H23N5/c1-5-11-9(13-10)12-6-7-14(4)8(2)3/h8H,5-7,10H2,1-4H3,(H2,11,12,13). The third-order valence-electron chi connectivity index (χ3n) is 2.09. The molecule has 0 saturated heterocycles. The van der Waals surface area contributed by atoms with Crippen LogP contribution in [0.25, 0.3) is 0 Å². The van der Waals surface area contributed by atoms with Crippen LogP contribution in [0.3, 0.4) is 0 Å². The van der Waals surface area contributed by atoms with E-state index in [2.05, 4.69) is 41.5 Å². The molecule has 0 unspecified atom stereocenters. The fourth-order valence-electron chi connectivity index (χ4n) is 0.898. The Balaban J connectivity index is 3.77. The highest BCUT2D eigenvalue weighted by Crippen LogP contribution is 1.91. The van der Waals surface area contributed by atoms with Gasteiger partial charge in [0, 0.05) is 19.1 Å². The second-order valence-electron chi connectivity index (χ2n) is 3.48. The first-order chi connectivity index (χ1) is 6.61. The molecule has 5 heteroatoms. The zero-order valence-corrected chi connectivity index (χ0v) is 9.67. The molecule has 0 aliphatic rings. The number of hydrazine groups is 1. The molecule has 84 valence electrons. The summed E-state index contributed by atoms with van der Waals surface area (Å²) in [6.45, 7) is 8.85. The molecule has 0 aliphatic carbocycles. The lowest BCUT2D eigenvalue weighted by atomic mass is 10.3. The largest absolute Gasteiger partial charge is 0.356 e. The summed E-state index contributed by atoms with van der Waals surface area (Å²) in [4.78, 5) is 6.52. The lowest BCUT2D eigenvalue weighted by molar-refractivity contribution is 0.282. The summed E-state index contributed by atoms with van der Waals surface area (Å²) in [5.74, 6) is 5.94. The minimum atomic E-state index is 0.554. The van der Waals surface area contributed by atoms with Crippen LogP contribution in [0.2, 0.25) is 0 Å². The van der Waals surface area contributed by atoms with Crippen molar-refractivity contribution in [2.75, 3.05) is 26.7 Å². The van der Waals surface area contributed by atoms with E-state index in [4.69, 9.17) is 5.84 Å². The summed E-state index contributed by atoms with van der Waals surface area (Å²) in [6, 6.07) is 0.554. The van der Waals surface area contributed by atoms with E-state index >= 15 is 0 Å². The van der Waals surface area contributed by atoms with Gasteiger partial charge in [-0.2, -0.15) is 0 Å². The first kappa shape index (κ1) is 13.2. The normalized spacial score (nSPS) is 12.4. The number of nitrogens with zero attached hydrogens (tertiary/aromatic N) is 2. The van der Waals surface area contributed by atoms with Crippen LogP contribution < -0.4 is 16.6 Å². The molecule has 0 spiro atoms. The van der Waals surface area contributed by atoms with E-state index in [9.17, 15) is 0 Å². The molecular formula is C9H23N5. The van der Waals surface area contributed by atoms with Gasteiger partial charge >= 0.3 is 0 Å². The predicted octanol–water partition coefficient (Wildman–Crippen LogP) is -0.245. The Kier molecular flexibility index (Phi) is 7.14. The number of hydrogen-bond donors (Lipinski definition) is 3. The van der Waals surface area contributed by atoms with Crippen LogP contribution in [0.5, 0.6) is 0 Å². The van der Waals surface area contributed by atoms with Gasteiger partial charge in [-0.05, 0) is 27.8 Å².